The van der Waals surface area contributed by atoms with E-state index in [4.69, 9.17) is 0 Å². The lowest BCUT2D eigenvalue weighted by molar-refractivity contribution is 0.0300. The summed E-state index contributed by atoms with van der Waals surface area (Å²) in [6, 6.07) is 8.28. The van der Waals surface area contributed by atoms with E-state index in [1.54, 1.807) is 11.3 Å². The van der Waals surface area contributed by atoms with Crippen LogP contribution in [0.2, 0.25) is 0 Å². The first-order valence-corrected chi connectivity index (χ1v) is 6.28. The molecule has 0 saturated carbocycles. The topological polar surface area (TPSA) is 20.2 Å². The van der Waals surface area contributed by atoms with Crippen molar-refractivity contribution in [1.29, 1.82) is 0 Å². The fourth-order valence-electron chi connectivity index (χ4n) is 1.99. The Hall–Kier alpha value is -0.860. The molecule has 0 bridgehead atoms. The zero-order chi connectivity index (χ0) is 10.9. The summed E-state index contributed by atoms with van der Waals surface area (Å²) in [6.45, 7) is 4.08. The van der Waals surface area contributed by atoms with E-state index in [-0.39, 0.29) is 0 Å². The molecule has 0 fully saturated rings. The maximum Gasteiger partial charge on any atom is 0.0905 e. The Kier molecular flexibility index (Phi) is 2.81. The summed E-state index contributed by atoms with van der Waals surface area (Å²) in [5.41, 5.74) is 0.421. The van der Waals surface area contributed by atoms with Crippen LogP contribution in [0.3, 0.4) is 0 Å². The monoisotopic (exact) mass is 220 g/mol. The number of hydrogen-bond donors (Lipinski definition) is 1. The van der Waals surface area contributed by atoms with Crippen molar-refractivity contribution in [2.75, 3.05) is 0 Å². The largest absolute Gasteiger partial charge is 0.385 e. The fourth-order valence-corrected chi connectivity index (χ4v) is 3.00. The van der Waals surface area contributed by atoms with E-state index < -0.39 is 5.60 Å². The van der Waals surface area contributed by atoms with E-state index >= 15 is 0 Å². The lowest BCUT2D eigenvalue weighted by Crippen LogP contribution is -2.23. The van der Waals surface area contributed by atoms with Crippen molar-refractivity contribution in [3.63, 3.8) is 0 Å². The van der Waals surface area contributed by atoms with E-state index in [0.29, 0.717) is 0 Å². The van der Waals surface area contributed by atoms with Crippen LogP contribution in [0.4, 0.5) is 0 Å². The third-order valence-corrected chi connectivity index (χ3v) is 4.11. The second kappa shape index (κ2) is 3.95. The molecule has 0 saturated heterocycles. The van der Waals surface area contributed by atoms with Gasteiger partial charge in [-0.25, -0.2) is 0 Å². The number of hydrogen-bond acceptors (Lipinski definition) is 2. The van der Waals surface area contributed by atoms with Crippen LogP contribution in [-0.4, -0.2) is 5.11 Å². The molecule has 1 aromatic carbocycles. The smallest absolute Gasteiger partial charge is 0.0905 e. The minimum atomic E-state index is -0.662. The zero-order valence-corrected chi connectivity index (χ0v) is 9.97. The fraction of sp³-hybridized carbons (Fsp3) is 0.385. The van der Waals surface area contributed by atoms with Crippen molar-refractivity contribution < 1.29 is 5.11 Å². The molecule has 0 radical (unpaired) electrons. The Labute approximate surface area is 94.4 Å². The van der Waals surface area contributed by atoms with Gasteiger partial charge in [-0.15, -0.1) is 11.3 Å². The molecule has 0 aliphatic heterocycles. The first-order valence-electron chi connectivity index (χ1n) is 5.40. The summed E-state index contributed by atoms with van der Waals surface area (Å²) in [5.74, 6) is 0. The predicted molar refractivity (Wildman–Crippen MR) is 66.3 cm³/mol. The minimum Gasteiger partial charge on any atom is -0.385 e. The summed E-state index contributed by atoms with van der Waals surface area (Å²) in [4.78, 5) is 0. The quantitative estimate of drug-likeness (QED) is 0.831. The Morgan fingerprint density at radius 2 is 1.93 bits per heavy atom. The first kappa shape index (κ1) is 10.7. The summed E-state index contributed by atoms with van der Waals surface area (Å²) in [6.07, 6.45) is 1.53. The molecule has 2 heteroatoms. The highest BCUT2D eigenvalue weighted by Gasteiger charge is 2.26. The average molecular weight is 220 g/mol. The molecule has 1 nitrogen and oxygen atoms in total. The van der Waals surface area contributed by atoms with Gasteiger partial charge in [-0.1, -0.05) is 32.0 Å². The molecular weight excluding hydrogens is 204 g/mol. The van der Waals surface area contributed by atoms with E-state index in [1.807, 2.05) is 26.0 Å². The highest BCUT2D eigenvalue weighted by Crippen LogP contribution is 2.36. The molecule has 2 rings (SSSR count). The molecule has 1 heterocycles. The Morgan fingerprint density at radius 3 is 2.60 bits per heavy atom. The lowest BCUT2D eigenvalue weighted by atomic mass is 9.88. The van der Waals surface area contributed by atoms with Crippen LogP contribution in [0.15, 0.2) is 29.6 Å². The van der Waals surface area contributed by atoms with Gasteiger partial charge >= 0.3 is 0 Å². The van der Waals surface area contributed by atoms with Gasteiger partial charge < -0.3 is 5.11 Å². The molecule has 0 unspecified atom stereocenters. The number of fused-ring (bicyclic) bond motifs is 1. The van der Waals surface area contributed by atoms with Crippen LogP contribution < -0.4 is 0 Å². The second-order valence-corrected chi connectivity index (χ2v) is 4.80. The van der Waals surface area contributed by atoms with E-state index in [1.165, 1.54) is 10.1 Å². The summed E-state index contributed by atoms with van der Waals surface area (Å²) in [7, 11) is 0. The first-order chi connectivity index (χ1) is 7.21. The van der Waals surface area contributed by atoms with Gasteiger partial charge in [0.2, 0.25) is 0 Å². The molecule has 0 spiro atoms. The van der Waals surface area contributed by atoms with Gasteiger partial charge in [-0.2, -0.15) is 0 Å². The van der Waals surface area contributed by atoms with Gasteiger partial charge in [-0.3, -0.25) is 0 Å². The van der Waals surface area contributed by atoms with E-state index in [2.05, 4.69) is 17.5 Å². The second-order valence-electron chi connectivity index (χ2n) is 3.88. The molecule has 0 aliphatic carbocycles. The minimum absolute atomic E-state index is 0.662. The van der Waals surface area contributed by atoms with Crippen LogP contribution >= 0.6 is 11.3 Å². The molecule has 0 amide bonds. The normalized spacial score (nSPS) is 12.2. The van der Waals surface area contributed by atoms with Crippen molar-refractivity contribution in [2.45, 2.75) is 32.3 Å². The summed E-state index contributed by atoms with van der Waals surface area (Å²) in [5, 5.41) is 13.8. The third-order valence-electron chi connectivity index (χ3n) is 3.15. The third kappa shape index (κ3) is 1.68. The molecule has 1 N–H and O–H groups in total. The van der Waals surface area contributed by atoms with Crippen molar-refractivity contribution in [3.05, 3.63) is 35.2 Å². The maximum absolute atomic E-state index is 10.5. The predicted octanol–water partition coefficient (Wildman–Crippen LogP) is 3.91. The van der Waals surface area contributed by atoms with Crippen LogP contribution in [0, 0.1) is 0 Å². The van der Waals surface area contributed by atoms with Crippen molar-refractivity contribution in [3.8, 4) is 0 Å². The van der Waals surface area contributed by atoms with Gasteiger partial charge in [0.15, 0.2) is 0 Å². The molecule has 1 aromatic heterocycles. The lowest BCUT2D eigenvalue weighted by Gasteiger charge is -2.26. The molecule has 2 aromatic rings. The number of aliphatic hydroxyl groups is 1. The van der Waals surface area contributed by atoms with Crippen LogP contribution in [0.25, 0.3) is 10.1 Å². The van der Waals surface area contributed by atoms with Gasteiger partial charge in [-0.05, 0) is 29.7 Å². The Bertz CT molecular complexity index is 454. The number of thiophene rings is 1. The van der Waals surface area contributed by atoms with Gasteiger partial charge in [0.25, 0.3) is 0 Å². The Morgan fingerprint density at radius 1 is 1.20 bits per heavy atom. The van der Waals surface area contributed by atoms with Crippen LogP contribution in [0.5, 0.6) is 0 Å². The molecular formula is C13H16OS. The van der Waals surface area contributed by atoms with Gasteiger partial charge in [0.05, 0.1) is 5.60 Å². The van der Waals surface area contributed by atoms with Gasteiger partial charge in [0.1, 0.15) is 0 Å². The van der Waals surface area contributed by atoms with E-state index in [0.717, 1.165) is 18.4 Å². The highest BCUT2D eigenvalue weighted by atomic mass is 32.1. The van der Waals surface area contributed by atoms with Gasteiger partial charge in [0, 0.05) is 10.3 Å². The summed E-state index contributed by atoms with van der Waals surface area (Å²) >= 11 is 1.71. The summed E-state index contributed by atoms with van der Waals surface area (Å²) < 4.78 is 1.23. The molecule has 15 heavy (non-hydrogen) atoms. The zero-order valence-electron chi connectivity index (χ0n) is 9.16. The SMILES string of the molecule is CCC(O)(CC)c1cccc2ccsc12. The standard InChI is InChI=1S/C13H16OS/c1-3-13(14,4-2)11-7-5-6-10-8-9-15-12(10)11/h5-9,14H,3-4H2,1-2H3. The maximum atomic E-state index is 10.5. The van der Waals surface area contributed by atoms with Crippen LogP contribution in [-0.2, 0) is 5.60 Å². The van der Waals surface area contributed by atoms with Crippen molar-refractivity contribution >= 4 is 21.4 Å². The Balaban J connectivity index is 2.64. The van der Waals surface area contributed by atoms with E-state index in [9.17, 15) is 5.11 Å². The highest BCUT2D eigenvalue weighted by molar-refractivity contribution is 7.17. The van der Waals surface area contributed by atoms with Crippen LogP contribution in [0.1, 0.15) is 32.3 Å². The van der Waals surface area contributed by atoms with Crippen molar-refractivity contribution in [2.24, 2.45) is 0 Å². The molecule has 80 valence electrons. The average Bonchev–Trinajstić information content (AvgIpc) is 2.75. The number of benzene rings is 1. The molecule has 0 aliphatic rings. The molecule has 0 atom stereocenters. The number of rotatable bonds is 3. The van der Waals surface area contributed by atoms with Crippen molar-refractivity contribution in [1.82, 2.24) is 0 Å².